The average molecular weight is 387 g/mol. The topological polar surface area (TPSA) is 44.5 Å². The Morgan fingerprint density at radius 3 is 2.58 bits per heavy atom. The Morgan fingerprint density at radius 1 is 1.11 bits per heavy atom. The zero-order valence-corrected chi connectivity index (χ0v) is 13.5. The molecule has 0 aliphatic heterocycles. The minimum absolute atomic E-state index is 0.407. The van der Waals surface area contributed by atoms with Gasteiger partial charge in [-0.1, -0.05) is 22.0 Å². The van der Waals surface area contributed by atoms with E-state index in [1.54, 1.807) is 13.2 Å². The summed E-state index contributed by atoms with van der Waals surface area (Å²) in [7, 11) is 1.64. The van der Waals surface area contributed by atoms with Crippen molar-refractivity contribution in [3.63, 3.8) is 0 Å². The summed E-state index contributed by atoms with van der Waals surface area (Å²) < 4.78 is 12.8. The van der Waals surface area contributed by atoms with E-state index in [0.29, 0.717) is 18.0 Å². The van der Waals surface area contributed by atoms with Crippen LogP contribution in [0.4, 0.5) is 5.69 Å². The highest BCUT2D eigenvalue weighted by atomic mass is 79.9. The van der Waals surface area contributed by atoms with E-state index in [2.05, 4.69) is 31.9 Å². The van der Waals surface area contributed by atoms with Crippen molar-refractivity contribution in [2.24, 2.45) is 0 Å². The number of anilines is 1. The molecule has 0 atom stereocenters. The number of methoxy groups -OCH3 is 1. The number of nitrogen functional groups attached to an aromatic ring is 1. The molecule has 0 spiro atoms. The van der Waals surface area contributed by atoms with Gasteiger partial charge in [-0.3, -0.25) is 0 Å². The van der Waals surface area contributed by atoms with Gasteiger partial charge in [0.15, 0.2) is 5.75 Å². The van der Waals surface area contributed by atoms with E-state index in [-0.39, 0.29) is 0 Å². The van der Waals surface area contributed by atoms with Crippen LogP contribution in [-0.4, -0.2) is 7.11 Å². The largest absolute Gasteiger partial charge is 0.497 e. The number of hydrogen-bond acceptors (Lipinski definition) is 3. The number of halogens is 2. The fraction of sp³-hybridized carbons (Fsp3) is 0.143. The Kier molecular flexibility index (Phi) is 4.71. The van der Waals surface area contributed by atoms with Crippen LogP contribution in [0.2, 0.25) is 0 Å². The normalized spacial score (nSPS) is 10.3. The maximum atomic E-state index is 5.89. The Hall–Kier alpha value is -1.20. The second kappa shape index (κ2) is 6.30. The molecule has 0 heterocycles. The van der Waals surface area contributed by atoms with Gasteiger partial charge in [-0.2, -0.15) is 0 Å². The third kappa shape index (κ3) is 3.42. The molecule has 2 rings (SSSR count). The summed E-state index contributed by atoms with van der Waals surface area (Å²) >= 11 is 6.92. The van der Waals surface area contributed by atoms with Crippen LogP contribution in [0.3, 0.4) is 0 Å². The maximum absolute atomic E-state index is 5.89. The third-order valence-electron chi connectivity index (χ3n) is 2.62. The predicted octanol–water partition coefficient (Wildman–Crippen LogP) is 4.38. The molecule has 19 heavy (non-hydrogen) atoms. The minimum Gasteiger partial charge on any atom is -0.497 e. The molecular weight excluding hydrogens is 374 g/mol. The van der Waals surface area contributed by atoms with Crippen molar-refractivity contribution >= 4 is 37.5 Å². The van der Waals surface area contributed by atoms with E-state index in [9.17, 15) is 0 Å². The van der Waals surface area contributed by atoms with Gasteiger partial charge in [0, 0.05) is 10.0 Å². The van der Waals surface area contributed by atoms with E-state index >= 15 is 0 Å². The Balaban J connectivity index is 2.19. The molecule has 3 nitrogen and oxygen atoms in total. The van der Waals surface area contributed by atoms with Crippen LogP contribution < -0.4 is 15.2 Å². The second-order valence-electron chi connectivity index (χ2n) is 3.90. The summed E-state index contributed by atoms with van der Waals surface area (Å²) in [6, 6.07) is 11.3. The summed E-state index contributed by atoms with van der Waals surface area (Å²) in [4.78, 5) is 0. The van der Waals surface area contributed by atoms with Crippen molar-refractivity contribution in [2.45, 2.75) is 6.61 Å². The highest BCUT2D eigenvalue weighted by Crippen LogP contribution is 2.32. The fourth-order valence-corrected chi connectivity index (χ4v) is 2.47. The second-order valence-corrected chi connectivity index (χ2v) is 5.61. The van der Waals surface area contributed by atoms with Gasteiger partial charge in [0.25, 0.3) is 0 Å². The van der Waals surface area contributed by atoms with E-state index in [0.717, 1.165) is 20.3 Å². The van der Waals surface area contributed by atoms with Crippen LogP contribution in [0.5, 0.6) is 11.5 Å². The van der Waals surface area contributed by atoms with Crippen LogP contribution in [-0.2, 0) is 6.61 Å². The van der Waals surface area contributed by atoms with Gasteiger partial charge in [-0.05, 0) is 46.3 Å². The van der Waals surface area contributed by atoms with Gasteiger partial charge >= 0.3 is 0 Å². The van der Waals surface area contributed by atoms with Gasteiger partial charge < -0.3 is 15.2 Å². The molecular formula is C14H13Br2NO2. The fourth-order valence-electron chi connectivity index (χ4n) is 1.62. The lowest BCUT2D eigenvalue weighted by Crippen LogP contribution is -2.00. The van der Waals surface area contributed by atoms with Crippen LogP contribution in [0, 0.1) is 0 Å². The molecule has 2 aromatic carbocycles. The summed E-state index contributed by atoms with van der Waals surface area (Å²) in [6.45, 7) is 0.407. The molecule has 2 N–H and O–H groups in total. The Bertz CT molecular complexity index is 567. The molecule has 0 bridgehead atoms. The lowest BCUT2D eigenvalue weighted by molar-refractivity contribution is 0.304. The first-order valence-corrected chi connectivity index (χ1v) is 7.19. The van der Waals surface area contributed by atoms with Gasteiger partial charge in [0.2, 0.25) is 0 Å². The molecule has 0 radical (unpaired) electrons. The number of nitrogens with two attached hydrogens (primary N) is 1. The van der Waals surface area contributed by atoms with Crippen LogP contribution in [0.1, 0.15) is 5.56 Å². The highest BCUT2D eigenvalue weighted by Gasteiger charge is 2.08. The lowest BCUT2D eigenvalue weighted by atomic mass is 10.2. The molecule has 0 saturated heterocycles. The van der Waals surface area contributed by atoms with E-state index in [1.807, 2.05) is 30.3 Å². The summed E-state index contributed by atoms with van der Waals surface area (Å²) in [5.41, 5.74) is 7.49. The molecule has 0 unspecified atom stereocenters. The maximum Gasteiger partial charge on any atom is 0.156 e. The molecule has 0 aromatic heterocycles. The average Bonchev–Trinajstić information content (AvgIpc) is 2.40. The van der Waals surface area contributed by atoms with Crippen molar-refractivity contribution < 1.29 is 9.47 Å². The summed E-state index contributed by atoms with van der Waals surface area (Å²) in [5.74, 6) is 1.44. The molecule has 0 saturated carbocycles. The van der Waals surface area contributed by atoms with Crippen LogP contribution in [0.15, 0.2) is 45.3 Å². The molecule has 2 aromatic rings. The molecule has 0 amide bonds. The van der Waals surface area contributed by atoms with Gasteiger partial charge in [0.05, 0.1) is 17.3 Å². The highest BCUT2D eigenvalue weighted by molar-refractivity contribution is 9.10. The number of hydrogen-bond donors (Lipinski definition) is 1. The van der Waals surface area contributed by atoms with Crippen molar-refractivity contribution in [2.75, 3.05) is 12.8 Å². The van der Waals surface area contributed by atoms with Gasteiger partial charge in [0.1, 0.15) is 12.4 Å². The van der Waals surface area contributed by atoms with E-state index in [4.69, 9.17) is 15.2 Å². The SMILES string of the molecule is COc1ccc(Br)c(COc2c(N)cccc2Br)c1. The number of benzene rings is 2. The van der Waals surface area contributed by atoms with Crippen molar-refractivity contribution in [1.29, 1.82) is 0 Å². The summed E-state index contributed by atoms with van der Waals surface area (Å²) in [5, 5.41) is 0. The number of para-hydroxylation sites is 1. The number of rotatable bonds is 4. The zero-order valence-electron chi connectivity index (χ0n) is 10.3. The standard InChI is InChI=1S/C14H13Br2NO2/c1-18-10-5-6-11(15)9(7-10)8-19-14-12(16)3-2-4-13(14)17/h2-7H,8,17H2,1H3. The lowest BCUT2D eigenvalue weighted by Gasteiger charge is -2.12. The van der Waals surface area contributed by atoms with E-state index < -0.39 is 0 Å². The van der Waals surface area contributed by atoms with Gasteiger partial charge in [-0.15, -0.1) is 0 Å². The minimum atomic E-state index is 0.407. The van der Waals surface area contributed by atoms with E-state index in [1.165, 1.54) is 0 Å². The zero-order chi connectivity index (χ0) is 13.8. The van der Waals surface area contributed by atoms with Gasteiger partial charge in [-0.25, -0.2) is 0 Å². The third-order valence-corrected chi connectivity index (χ3v) is 4.02. The van der Waals surface area contributed by atoms with Crippen LogP contribution in [0.25, 0.3) is 0 Å². The molecule has 5 heteroatoms. The first-order chi connectivity index (χ1) is 9.11. The monoisotopic (exact) mass is 385 g/mol. The summed E-state index contributed by atoms with van der Waals surface area (Å²) in [6.07, 6.45) is 0. The Morgan fingerprint density at radius 2 is 1.89 bits per heavy atom. The number of ether oxygens (including phenoxy) is 2. The van der Waals surface area contributed by atoms with Crippen molar-refractivity contribution in [1.82, 2.24) is 0 Å². The van der Waals surface area contributed by atoms with Crippen molar-refractivity contribution in [3.05, 3.63) is 50.9 Å². The quantitative estimate of drug-likeness (QED) is 0.793. The van der Waals surface area contributed by atoms with Crippen LogP contribution >= 0.6 is 31.9 Å². The molecule has 0 aliphatic rings. The first-order valence-electron chi connectivity index (χ1n) is 5.61. The molecule has 0 fully saturated rings. The molecule has 100 valence electrons. The first kappa shape index (κ1) is 14.2. The smallest absolute Gasteiger partial charge is 0.156 e. The predicted molar refractivity (Wildman–Crippen MR) is 83.6 cm³/mol. The Labute approximate surface area is 129 Å². The van der Waals surface area contributed by atoms with Crippen molar-refractivity contribution in [3.8, 4) is 11.5 Å². The molecule has 0 aliphatic carbocycles.